The van der Waals surface area contributed by atoms with Crippen molar-refractivity contribution in [2.75, 3.05) is 19.0 Å². The lowest BCUT2D eigenvalue weighted by molar-refractivity contribution is -0.120. The summed E-state index contributed by atoms with van der Waals surface area (Å²) in [6.07, 6.45) is 1.96. The Morgan fingerprint density at radius 1 is 1.30 bits per heavy atom. The van der Waals surface area contributed by atoms with Crippen LogP contribution in [-0.4, -0.2) is 25.1 Å². The van der Waals surface area contributed by atoms with Gasteiger partial charge in [0.25, 0.3) is 0 Å². The Bertz CT molecular complexity index is 1060. The number of nitrogens with one attached hydrogen (secondary N) is 2. The smallest absolute Gasteiger partial charge is 0.240 e. The zero-order chi connectivity index (χ0) is 19.0. The highest BCUT2D eigenvalue weighted by molar-refractivity contribution is 6.06. The van der Waals surface area contributed by atoms with E-state index in [4.69, 9.17) is 9.15 Å². The summed E-state index contributed by atoms with van der Waals surface area (Å²) >= 11 is 0. The van der Waals surface area contributed by atoms with Gasteiger partial charge < -0.3 is 19.8 Å². The second-order valence-corrected chi connectivity index (χ2v) is 7.14. The van der Waals surface area contributed by atoms with Crippen LogP contribution >= 0.6 is 0 Å². The summed E-state index contributed by atoms with van der Waals surface area (Å²) in [5, 5.41) is 17.3. The number of hydrogen-bond acceptors (Lipinski definition) is 5. The largest absolute Gasteiger partial charge is 0.495 e. The Labute approximate surface area is 157 Å². The number of methoxy groups -OCH3 is 1. The molecule has 2 aromatic carbocycles. The van der Waals surface area contributed by atoms with Crippen molar-refractivity contribution >= 4 is 33.5 Å². The van der Waals surface area contributed by atoms with Crippen molar-refractivity contribution in [1.29, 1.82) is 5.26 Å². The minimum absolute atomic E-state index is 0.0477. The van der Waals surface area contributed by atoms with Gasteiger partial charge in [0.15, 0.2) is 0 Å². The minimum Gasteiger partial charge on any atom is -0.495 e. The summed E-state index contributed by atoms with van der Waals surface area (Å²) < 4.78 is 11.4. The van der Waals surface area contributed by atoms with Crippen LogP contribution in [0.1, 0.15) is 19.8 Å². The van der Waals surface area contributed by atoms with Crippen LogP contribution in [0.25, 0.3) is 21.9 Å². The summed E-state index contributed by atoms with van der Waals surface area (Å²) in [4.78, 5) is 12.3. The van der Waals surface area contributed by atoms with Gasteiger partial charge >= 0.3 is 0 Å². The Kier molecular flexibility index (Phi) is 4.15. The number of furan rings is 1. The highest BCUT2D eigenvalue weighted by atomic mass is 16.5. The first-order valence-corrected chi connectivity index (χ1v) is 8.99. The molecular formula is C21H21N3O3. The number of para-hydroxylation sites is 1. The standard InChI is InChI=1S/C21H21N3O3/c1-21(12-22,13-7-8-13)24-20(25)11-23-16-10-18-15(9-19(16)26-2)14-5-3-4-6-17(14)27-18/h3-6,9-10,13,23H,7-8,11H2,1-2H3,(H,24,25). The molecule has 1 aromatic heterocycles. The quantitative estimate of drug-likeness (QED) is 0.695. The first-order chi connectivity index (χ1) is 13.0. The van der Waals surface area contributed by atoms with E-state index in [2.05, 4.69) is 16.7 Å². The summed E-state index contributed by atoms with van der Waals surface area (Å²) in [6, 6.07) is 13.8. The lowest BCUT2D eigenvalue weighted by atomic mass is 9.98. The van der Waals surface area contributed by atoms with Crippen molar-refractivity contribution < 1.29 is 13.9 Å². The predicted octanol–water partition coefficient (Wildman–Crippen LogP) is 3.81. The maximum Gasteiger partial charge on any atom is 0.240 e. The first kappa shape index (κ1) is 17.2. The van der Waals surface area contributed by atoms with Crippen molar-refractivity contribution in [2.45, 2.75) is 25.3 Å². The molecule has 1 fully saturated rings. The monoisotopic (exact) mass is 363 g/mol. The number of hydrogen-bond donors (Lipinski definition) is 2. The molecule has 0 spiro atoms. The van der Waals surface area contributed by atoms with E-state index in [1.165, 1.54) is 0 Å². The summed E-state index contributed by atoms with van der Waals surface area (Å²) in [7, 11) is 1.59. The maximum absolute atomic E-state index is 12.3. The molecule has 1 unspecified atom stereocenters. The van der Waals surface area contributed by atoms with Gasteiger partial charge in [-0.3, -0.25) is 4.79 Å². The number of ether oxygens (including phenoxy) is 1. The Morgan fingerprint density at radius 3 is 2.78 bits per heavy atom. The normalized spacial score (nSPS) is 15.9. The highest BCUT2D eigenvalue weighted by Crippen LogP contribution is 2.39. The molecule has 6 heteroatoms. The first-order valence-electron chi connectivity index (χ1n) is 8.99. The molecule has 27 heavy (non-hydrogen) atoms. The number of benzene rings is 2. The third-order valence-electron chi connectivity index (χ3n) is 5.16. The van der Waals surface area contributed by atoms with Crippen LogP contribution in [0, 0.1) is 17.2 Å². The Balaban J connectivity index is 1.55. The third-order valence-corrected chi connectivity index (χ3v) is 5.16. The number of carbonyl (C=O) groups excluding carboxylic acids is 1. The molecule has 0 radical (unpaired) electrons. The maximum atomic E-state index is 12.3. The zero-order valence-corrected chi connectivity index (χ0v) is 15.3. The van der Waals surface area contributed by atoms with Gasteiger partial charge in [0.2, 0.25) is 5.91 Å². The molecule has 6 nitrogen and oxygen atoms in total. The second-order valence-electron chi connectivity index (χ2n) is 7.14. The molecule has 0 bridgehead atoms. The fourth-order valence-electron chi connectivity index (χ4n) is 3.45. The van der Waals surface area contributed by atoms with Crippen LogP contribution in [0.2, 0.25) is 0 Å². The fourth-order valence-corrected chi connectivity index (χ4v) is 3.45. The van der Waals surface area contributed by atoms with Crippen LogP contribution in [0.3, 0.4) is 0 Å². The number of amides is 1. The van der Waals surface area contributed by atoms with E-state index in [-0.39, 0.29) is 18.4 Å². The third kappa shape index (κ3) is 3.17. The molecular weight excluding hydrogens is 342 g/mol. The summed E-state index contributed by atoms with van der Waals surface area (Å²) in [5.41, 5.74) is 1.40. The molecule has 2 N–H and O–H groups in total. The fraction of sp³-hybridized carbons (Fsp3) is 0.333. The lowest BCUT2D eigenvalue weighted by Gasteiger charge is -2.23. The van der Waals surface area contributed by atoms with Crippen molar-refractivity contribution in [3.63, 3.8) is 0 Å². The van der Waals surface area contributed by atoms with Crippen LogP contribution in [-0.2, 0) is 4.79 Å². The number of rotatable bonds is 6. The molecule has 1 heterocycles. The zero-order valence-electron chi connectivity index (χ0n) is 15.3. The van der Waals surface area contributed by atoms with E-state index in [1.807, 2.05) is 36.4 Å². The van der Waals surface area contributed by atoms with Crippen LogP contribution < -0.4 is 15.4 Å². The Morgan fingerprint density at radius 2 is 2.07 bits per heavy atom. The summed E-state index contributed by atoms with van der Waals surface area (Å²) in [5.74, 6) is 0.651. The van der Waals surface area contributed by atoms with E-state index in [0.29, 0.717) is 11.4 Å². The van der Waals surface area contributed by atoms with Gasteiger partial charge in [-0.2, -0.15) is 5.26 Å². The van der Waals surface area contributed by atoms with Crippen molar-refractivity contribution in [3.05, 3.63) is 36.4 Å². The van der Waals surface area contributed by atoms with Gasteiger partial charge in [-0.05, 0) is 37.8 Å². The van der Waals surface area contributed by atoms with Gasteiger partial charge in [0.05, 0.1) is 25.4 Å². The summed E-state index contributed by atoms with van der Waals surface area (Å²) in [6.45, 7) is 1.83. The molecule has 1 aliphatic rings. The number of carbonyl (C=O) groups is 1. The van der Waals surface area contributed by atoms with Gasteiger partial charge in [-0.25, -0.2) is 0 Å². The van der Waals surface area contributed by atoms with Crippen molar-refractivity contribution in [1.82, 2.24) is 5.32 Å². The van der Waals surface area contributed by atoms with E-state index < -0.39 is 5.54 Å². The predicted molar refractivity (Wildman–Crippen MR) is 104 cm³/mol. The number of anilines is 1. The molecule has 0 saturated heterocycles. The molecule has 1 atom stereocenters. The molecule has 0 aliphatic heterocycles. The van der Waals surface area contributed by atoms with Crippen LogP contribution in [0.5, 0.6) is 5.75 Å². The molecule has 1 saturated carbocycles. The molecule has 138 valence electrons. The van der Waals surface area contributed by atoms with E-state index in [9.17, 15) is 10.1 Å². The van der Waals surface area contributed by atoms with Gasteiger partial charge in [0, 0.05) is 16.8 Å². The van der Waals surface area contributed by atoms with Gasteiger partial charge in [-0.1, -0.05) is 18.2 Å². The van der Waals surface area contributed by atoms with Crippen molar-refractivity contribution in [3.8, 4) is 11.8 Å². The topological polar surface area (TPSA) is 87.3 Å². The molecule has 1 amide bonds. The average Bonchev–Trinajstić information content (AvgIpc) is 3.47. The lowest BCUT2D eigenvalue weighted by Crippen LogP contribution is -2.48. The second kappa shape index (κ2) is 6.51. The van der Waals surface area contributed by atoms with Crippen LogP contribution in [0.4, 0.5) is 5.69 Å². The van der Waals surface area contributed by atoms with Crippen LogP contribution in [0.15, 0.2) is 40.8 Å². The number of fused-ring (bicyclic) bond motifs is 3. The molecule has 1 aliphatic carbocycles. The van der Waals surface area contributed by atoms with Gasteiger partial charge in [-0.15, -0.1) is 0 Å². The molecule has 4 rings (SSSR count). The average molecular weight is 363 g/mol. The molecule has 3 aromatic rings. The Hall–Kier alpha value is -3.20. The number of nitrogens with zero attached hydrogens (tertiary/aromatic N) is 1. The number of nitriles is 1. The SMILES string of the molecule is COc1cc2c(cc1NCC(=O)NC(C)(C#N)C1CC1)oc1ccccc12. The van der Waals surface area contributed by atoms with E-state index in [1.54, 1.807) is 14.0 Å². The van der Waals surface area contributed by atoms with Gasteiger partial charge in [0.1, 0.15) is 22.5 Å². The highest BCUT2D eigenvalue weighted by Gasteiger charge is 2.42. The van der Waals surface area contributed by atoms with E-state index >= 15 is 0 Å². The van der Waals surface area contributed by atoms with Crippen molar-refractivity contribution in [2.24, 2.45) is 5.92 Å². The van der Waals surface area contributed by atoms with E-state index in [0.717, 1.165) is 34.8 Å². The minimum atomic E-state index is -0.800.